The molecule has 1 amide bonds. The number of thioether (sulfide) groups is 1. The molecule has 0 bridgehead atoms. The fourth-order valence-electron chi connectivity index (χ4n) is 3.02. The maximum Gasteiger partial charge on any atom is 0.272 e. The van der Waals surface area contributed by atoms with Gasteiger partial charge in [0.25, 0.3) is 5.56 Å². The molecule has 6 nitrogen and oxygen atoms in total. The Morgan fingerprint density at radius 2 is 2.06 bits per heavy atom. The molecule has 1 N–H and O–H groups in total. The Balaban J connectivity index is 1.56. The van der Waals surface area contributed by atoms with Crippen molar-refractivity contribution in [2.45, 2.75) is 18.2 Å². The van der Waals surface area contributed by atoms with Crippen LogP contribution in [0.4, 0.5) is 0 Å². The average molecular weight is 449 g/mol. The largest absolute Gasteiger partial charge is 0.351 e. The summed E-state index contributed by atoms with van der Waals surface area (Å²) in [6, 6.07) is 15.6. The molecule has 0 spiro atoms. The van der Waals surface area contributed by atoms with Gasteiger partial charge in [0.2, 0.25) is 5.91 Å². The van der Waals surface area contributed by atoms with Crippen LogP contribution < -0.4 is 10.9 Å². The van der Waals surface area contributed by atoms with Crippen molar-refractivity contribution in [2.75, 3.05) is 5.75 Å². The van der Waals surface area contributed by atoms with E-state index in [4.69, 9.17) is 0 Å². The molecule has 0 aliphatic rings. The number of rotatable bonds is 8. The quantitative estimate of drug-likeness (QED) is 0.249. The van der Waals surface area contributed by atoms with Crippen molar-refractivity contribution < 1.29 is 4.79 Å². The summed E-state index contributed by atoms with van der Waals surface area (Å²) >= 11 is 2.68. The first-order valence-corrected chi connectivity index (χ1v) is 11.4. The van der Waals surface area contributed by atoms with E-state index >= 15 is 0 Å². The molecule has 0 radical (unpaired) electrons. The molecule has 0 unspecified atom stereocenters. The summed E-state index contributed by atoms with van der Waals surface area (Å²) in [5.74, 6) is 0.0223. The summed E-state index contributed by atoms with van der Waals surface area (Å²) in [6.07, 6.45) is 5.06. The van der Waals surface area contributed by atoms with E-state index in [-0.39, 0.29) is 17.2 Å². The van der Waals surface area contributed by atoms with Crippen LogP contribution in [0.15, 0.2) is 83.5 Å². The zero-order chi connectivity index (χ0) is 21.6. The van der Waals surface area contributed by atoms with Crippen molar-refractivity contribution in [3.8, 4) is 10.4 Å². The maximum absolute atomic E-state index is 13.1. The summed E-state index contributed by atoms with van der Waals surface area (Å²) in [7, 11) is 0. The molecule has 0 fully saturated rings. The van der Waals surface area contributed by atoms with E-state index in [0.29, 0.717) is 28.5 Å². The van der Waals surface area contributed by atoms with Crippen molar-refractivity contribution in [1.29, 1.82) is 0 Å². The fourth-order valence-corrected chi connectivity index (χ4v) is 4.91. The molecular weight excluding hydrogens is 428 g/mol. The second-order valence-electron chi connectivity index (χ2n) is 6.72. The van der Waals surface area contributed by atoms with Gasteiger partial charge >= 0.3 is 0 Å². The van der Waals surface area contributed by atoms with Crippen molar-refractivity contribution in [1.82, 2.24) is 19.9 Å². The second kappa shape index (κ2) is 9.72. The summed E-state index contributed by atoms with van der Waals surface area (Å²) in [5, 5.41) is 3.37. The molecule has 4 aromatic rings. The molecule has 8 heteroatoms. The molecule has 0 saturated heterocycles. The van der Waals surface area contributed by atoms with Gasteiger partial charge in [0.15, 0.2) is 5.16 Å². The standard InChI is InChI=1S/C23H20N4O2S2/c1-2-11-27-22(29)21-18(12-19(31-21)17-8-4-3-5-9-17)26-23(27)30-15-20(28)25-14-16-7-6-10-24-13-16/h2-10,12-13H,1,11,14-15H2,(H,25,28). The van der Waals surface area contributed by atoms with E-state index in [9.17, 15) is 9.59 Å². The average Bonchev–Trinajstić information content (AvgIpc) is 3.24. The van der Waals surface area contributed by atoms with Gasteiger partial charge in [-0.15, -0.1) is 17.9 Å². The van der Waals surface area contributed by atoms with Crippen LogP contribution in [0.25, 0.3) is 20.7 Å². The predicted octanol–water partition coefficient (Wildman–Crippen LogP) is 4.11. The highest BCUT2D eigenvalue weighted by molar-refractivity contribution is 7.99. The Labute approximate surface area is 187 Å². The normalized spacial score (nSPS) is 10.8. The van der Waals surface area contributed by atoms with Gasteiger partial charge in [0.05, 0.1) is 11.3 Å². The van der Waals surface area contributed by atoms with Gasteiger partial charge in [0, 0.05) is 30.4 Å². The van der Waals surface area contributed by atoms with E-state index in [1.165, 1.54) is 23.1 Å². The second-order valence-corrected chi connectivity index (χ2v) is 8.71. The van der Waals surface area contributed by atoms with Crippen LogP contribution in [0.1, 0.15) is 5.56 Å². The molecule has 31 heavy (non-hydrogen) atoms. The van der Waals surface area contributed by atoms with E-state index in [1.807, 2.05) is 48.5 Å². The first-order valence-electron chi connectivity index (χ1n) is 9.65. The number of hydrogen-bond acceptors (Lipinski definition) is 6. The van der Waals surface area contributed by atoms with E-state index in [0.717, 1.165) is 16.0 Å². The highest BCUT2D eigenvalue weighted by Crippen LogP contribution is 2.31. The number of fused-ring (bicyclic) bond motifs is 1. The van der Waals surface area contributed by atoms with Crippen LogP contribution in [0.3, 0.4) is 0 Å². The molecule has 0 aliphatic heterocycles. The number of allylic oxidation sites excluding steroid dienone is 1. The monoisotopic (exact) mass is 448 g/mol. The number of nitrogens with zero attached hydrogens (tertiary/aromatic N) is 3. The summed E-state index contributed by atoms with van der Waals surface area (Å²) in [6.45, 7) is 4.49. The number of nitrogens with one attached hydrogen (secondary N) is 1. The van der Waals surface area contributed by atoms with Crippen molar-refractivity contribution in [3.63, 3.8) is 0 Å². The molecule has 1 aromatic carbocycles. The van der Waals surface area contributed by atoms with E-state index < -0.39 is 0 Å². The number of thiophene rings is 1. The molecule has 0 aliphatic carbocycles. The smallest absolute Gasteiger partial charge is 0.272 e. The first-order chi connectivity index (χ1) is 15.2. The zero-order valence-corrected chi connectivity index (χ0v) is 18.3. The minimum absolute atomic E-state index is 0.115. The van der Waals surface area contributed by atoms with E-state index in [1.54, 1.807) is 23.0 Å². The number of aromatic nitrogens is 3. The van der Waals surface area contributed by atoms with Crippen molar-refractivity contribution in [3.05, 3.63) is 89.5 Å². The van der Waals surface area contributed by atoms with Crippen LogP contribution in [-0.4, -0.2) is 26.2 Å². The van der Waals surface area contributed by atoms with Gasteiger partial charge in [-0.3, -0.25) is 19.1 Å². The fraction of sp³-hybridized carbons (Fsp3) is 0.130. The summed E-state index contributed by atoms with van der Waals surface area (Å²) < 4.78 is 2.17. The van der Waals surface area contributed by atoms with Gasteiger partial charge < -0.3 is 5.32 Å². The first kappa shape index (κ1) is 21.0. The number of amides is 1. The lowest BCUT2D eigenvalue weighted by Gasteiger charge is -2.10. The van der Waals surface area contributed by atoms with Gasteiger partial charge in [-0.2, -0.15) is 0 Å². The lowest BCUT2D eigenvalue weighted by atomic mass is 10.2. The summed E-state index contributed by atoms with van der Waals surface area (Å²) in [5.41, 5.74) is 2.50. The third kappa shape index (κ3) is 4.92. The minimum atomic E-state index is -0.136. The lowest BCUT2D eigenvalue weighted by molar-refractivity contribution is -0.118. The van der Waals surface area contributed by atoms with E-state index in [2.05, 4.69) is 21.9 Å². The SMILES string of the molecule is C=CCn1c(SCC(=O)NCc2cccnc2)nc2cc(-c3ccccc3)sc2c1=O. The Hall–Kier alpha value is -3.23. The van der Waals surface area contributed by atoms with Crippen LogP contribution >= 0.6 is 23.1 Å². The number of hydrogen-bond donors (Lipinski definition) is 1. The molecule has 0 atom stereocenters. The van der Waals surface area contributed by atoms with Crippen LogP contribution in [-0.2, 0) is 17.9 Å². The molecule has 0 saturated carbocycles. The Morgan fingerprint density at radius 1 is 1.23 bits per heavy atom. The lowest BCUT2D eigenvalue weighted by Crippen LogP contribution is -2.26. The molecular formula is C23H20N4O2S2. The maximum atomic E-state index is 13.1. The summed E-state index contributed by atoms with van der Waals surface area (Å²) in [4.78, 5) is 35.1. The van der Waals surface area contributed by atoms with Gasteiger partial charge in [0.1, 0.15) is 4.70 Å². The van der Waals surface area contributed by atoms with Gasteiger partial charge in [-0.25, -0.2) is 4.98 Å². The Kier molecular flexibility index (Phi) is 6.59. The predicted molar refractivity (Wildman–Crippen MR) is 126 cm³/mol. The molecule has 3 aromatic heterocycles. The molecule has 4 rings (SSSR count). The molecule has 3 heterocycles. The molecule has 156 valence electrons. The minimum Gasteiger partial charge on any atom is -0.351 e. The number of benzene rings is 1. The van der Waals surface area contributed by atoms with Gasteiger partial charge in [-0.05, 0) is 23.3 Å². The van der Waals surface area contributed by atoms with Crippen LogP contribution in [0.5, 0.6) is 0 Å². The Bertz CT molecular complexity index is 1270. The Morgan fingerprint density at radius 3 is 2.81 bits per heavy atom. The van der Waals surface area contributed by atoms with Gasteiger partial charge in [-0.1, -0.05) is 54.2 Å². The topological polar surface area (TPSA) is 76.9 Å². The van der Waals surface area contributed by atoms with Crippen molar-refractivity contribution in [2.24, 2.45) is 0 Å². The third-order valence-electron chi connectivity index (χ3n) is 4.51. The third-order valence-corrected chi connectivity index (χ3v) is 6.65. The highest BCUT2D eigenvalue weighted by Gasteiger charge is 2.16. The zero-order valence-electron chi connectivity index (χ0n) is 16.7. The van der Waals surface area contributed by atoms with Crippen molar-refractivity contribution >= 4 is 39.2 Å². The number of pyridine rings is 1. The number of carbonyl (C=O) groups excluding carboxylic acids is 1. The number of carbonyl (C=O) groups is 1. The van der Waals surface area contributed by atoms with Crippen LogP contribution in [0, 0.1) is 0 Å². The highest BCUT2D eigenvalue weighted by atomic mass is 32.2. The van der Waals surface area contributed by atoms with Crippen LogP contribution in [0.2, 0.25) is 0 Å².